The molecule has 0 spiro atoms. The zero-order valence-electron chi connectivity index (χ0n) is 18.9. The van der Waals surface area contributed by atoms with E-state index in [9.17, 15) is 0 Å². The summed E-state index contributed by atoms with van der Waals surface area (Å²) in [6, 6.07) is 0. The van der Waals surface area contributed by atoms with E-state index in [-0.39, 0.29) is 7.43 Å². The minimum Gasteiger partial charge on any atom is -0.358 e. The fourth-order valence-electron chi connectivity index (χ4n) is 8.01. The largest absolute Gasteiger partial charge is 0.358 e. The van der Waals surface area contributed by atoms with Crippen LogP contribution in [-0.4, -0.2) is 24.5 Å². The quantitative estimate of drug-likeness (QED) is 0.204. The molecule has 5 rings (SSSR count). The van der Waals surface area contributed by atoms with Crippen LogP contribution in [0.25, 0.3) is 0 Å². The molecular formula is C22H41Br3NPZr-. The van der Waals surface area contributed by atoms with Gasteiger partial charge in [0, 0.05) is 0 Å². The maximum absolute atomic E-state index is 5.86. The predicted molar refractivity (Wildman–Crippen MR) is 136 cm³/mol. The van der Waals surface area contributed by atoms with E-state index in [1.807, 2.05) is 0 Å². The van der Waals surface area contributed by atoms with Crippen LogP contribution >= 0.6 is 43.7 Å². The maximum atomic E-state index is 5.86. The second-order valence-corrected chi connectivity index (χ2v) is 48.6. The molecule has 4 bridgehead atoms. The van der Waals surface area contributed by atoms with Crippen molar-refractivity contribution in [3.05, 3.63) is 7.43 Å². The monoisotopic (exact) mass is 677 g/mol. The third-order valence-electron chi connectivity index (χ3n) is 8.77. The molecule has 165 valence electrons. The van der Waals surface area contributed by atoms with Crippen molar-refractivity contribution in [3.8, 4) is 0 Å². The van der Waals surface area contributed by atoms with Gasteiger partial charge in [-0.25, -0.2) is 0 Å². The molecule has 0 amide bonds. The molecule has 0 aromatic rings. The maximum Gasteiger partial charge on any atom is -0.358 e. The number of hydrogen-bond donors (Lipinski definition) is 0. The molecule has 0 heterocycles. The minimum absolute atomic E-state index is 0. The van der Waals surface area contributed by atoms with Crippen LogP contribution in [-0.2, 0) is 14.7 Å². The second-order valence-electron chi connectivity index (χ2n) is 10.9. The van der Waals surface area contributed by atoms with Crippen molar-refractivity contribution in [1.29, 1.82) is 0 Å². The van der Waals surface area contributed by atoms with Crippen LogP contribution in [0.5, 0.6) is 0 Å². The first-order valence-corrected chi connectivity index (χ1v) is 30.4. The van der Waals surface area contributed by atoms with Gasteiger partial charge in [0.2, 0.25) is 0 Å². The summed E-state index contributed by atoms with van der Waals surface area (Å²) in [5.74, 6) is 6.56. The number of hydrogen-bond acceptors (Lipinski definition) is 1. The Labute approximate surface area is 200 Å². The molecule has 5 aliphatic carbocycles. The fourth-order valence-corrected chi connectivity index (χ4v) is 12.3. The molecule has 5 fully saturated rings. The Hall–Kier alpha value is 2.55. The summed E-state index contributed by atoms with van der Waals surface area (Å²) < 4.78 is 5.86. The third kappa shape index (κ3) is 5.72. The number of halogens is 3. The molecule has 5 aliphatic rings. The van der Waals surface area contributed by atoms with Crippen LogP contribution in [0.1, 0.15) is 66.2 Å². The molecule has 0 aromatic carbocycles. The van der Waals surface area contributed by atoms with E-state index < -0.39 is 21.8 Å². The number of rotatable bonds is 2. The summed E-state index contributed by atoms with van der Waals surface area (Å²) in [7, 11) is -1.20. The molecule has 4 atom stereocenters. The molecule has 6 heteroatoms. The van der Waals surface area contributed by atoms with Crippen LogP contribution in [0.3, 0.4) is 0 Å². The Kier molecular flexibility index (Phi) is 9.78. The molecule has 0 aliphatic heterocycles. The molecule has 0 radical (unpaired) electrons. The first-order valence-electron chi connectivity index (χ1n) is 10.9. The minimum atomic E-state index is -1.20. The normalized spacial score (nSPS) is 46.5. The van der Waals surface area contributed by atoms with Crippen molar-refractivity contribution in [2.75, 3.05) is 13.3 Å². The van der Waals surface area contributed by atoms with Gasteiger partial charge in [0.05, 0.1) is 5.54 Å². The molecule has 0 saturated heterocycles. The van der Waals surface area contributed by atoms with Crippen molar-refractivity contribution in [3.63, 3.8) is 0 Å². The van der Waals surface area contributed by atoms with E-state index in [4.69, 9.17) is 4.74 Å². The van der Waals surface area contributed by atoms with E-state index in [1.165, 1.54) is 38.5 Å². The van der Waals surface area contributed by atoms with E-state index in [1.54, 1.807) is 0 Å². The molecule has 0 N–H and O–H groups in total. The van der Waals surface area contributed by atoms with Gasteiger partial charge in [0.25, 0.3) is 0 Å². The Bertz CT molecular complexity index is 538. The first-order chi connectivity index (χ1) is 12.4. The van der Waals surface area contributed by atoms with Crippen molar-refractivity contribution in [1.82, 2.24) is 0 Å². The summed E-state index contributed by atoms with van der Waals surface area (Å²) in [5, 5.41) is 0. The standard InChI is InChI=1S/C21H38NP.CH3.3BrH.Zr/c1-13-14(2)16(4)20(15(13)3)23(5,6)22-21-10-17-7-18(11-21)9-19(8-17)12-21;;;;;/h13-20H,7-12H2,1-6H3;1H3;3*1H;/q;-1;;;;+3/p-3. The van der Waals surface area contributed by atoms with Gasteiger partial charge < -0.3 is 7.43 Å². The van der Waals surface area contributed by atoms with E-state index >= 15 is 0 Å². The predicted octanol–water partition coefficient (Wildman–Crippen LogP) is 9.33. The second kappa shape index (κ2) is 10.2. The van der Waals surface area contributed by atoms with Crippen molar-refractivity contribution >= 4 is 43.7 Å². The summed E-state index contributed by atoms with van der Waals surface area (Å²) in [4.78, 5) is 0. The van der Waals surface area contributed by atoms with Gasteiger partial charge in [-0.15, -0.1) is 0 Å². The molecule has 1 nitrogen and oxygen atoms in total. The van der Waals surface area contributed by atoms with E-state index in [2.05, 4.69) is 77.7 Å². The van der Waals surface area contributed by atoms with Crippen LogP contribution in [0.2, 0.25) is 0 Å². The molecular weight excluding hydrogens is 640 g/mol. The Morgan fingerprint density at radius 2 is 1.07 bits per heavy atom. The Balaban J connectivity index is 0.000000515. The van der Waals surface area contributed by atoms with Crippen molar-refractivity contribution < 1.29 is 14.7 Å². The summed E-state index contributed by atoms with van der Waals surface area (Å²) >= 11 is 8.80. The van der Waals surface area contributed by atoms with Crippen LogP contribution in [0, 0.1) is 48.9 Å². The molecule has 28 heavy (non-hydrogen) atoms. The van der Waals surface area contributed by atoms with E-state index in [0.717, 1.165) is 47.1 Å². The van der Waals surface area contributed by atoms with Crippen molar-refractivity contribution in [2.45, 2.75) is 77.4 Å². The van der Waals surface area contributed by atoms with Gasteiger partial charge >= 0.3 is 51.4 Å². The smallest absolute Gasteiger partial charge is 0.358 e. The summed E-state index contributed by atoms with van der Waals surface area (Å²) in [5.41, 5.74) is 1.29. The van der Waals surface area contributed by atoms with Crippen LogP contribution in [0.4, 0.5) is 0 Å². The van der Waals surface area contributed by atoms with Gasteiger partial charge in [-0.05, 0) is 106 Å². The molecule has 4 unspecified atom stereocenters. The van der Waals surface area contributed by atoms with Crippen molar-refractivity contribution in [2.24, 2.45) is 46.2 Å². The van der Waals surface area contributed by atoms with Gasteiger partial charge in [0.1, 0.15) is 0 Å². The average Bonchev–Trinajstić information content (AvgIpc) is 2.68. The summed E-state index contributed by atoms with van der Waals surface area (Å²) in [6.45, 7) is 15.2. The van der Waals surface area contributed by atoms with Gasteiger partial charge in [-0.2, -0.15) is 0 Å². The SMILES string of the molecule is CC1C(C)C(C)C(P(C)(C)=NC23CC4CC(CC(C4)C2)C3)C1C.[Br][Zr]([Br])[Br].[CH3-]. The topological polar surface area (TPSA) is 12.4 Å². The van der Waals surface area contributed by atoms with Crippen LogP contribution < -0.4 is 0 Å². The number of nitrogens with zero attached hydrogens (tertiary/aromatic N) is 1. The zero-order valence-corrected chi connectivity index (χ0v) is 27.0. The van der Waals surface area contributed by atoms with Gasteiger partial charge in [-0.3, -0.25) is 4.74 Å². The zero-order chi connectivity index (χ0) is 20.1. The molecule has 5 saturated carbocycles. The fraction of sp³-hybridized carbons (Fsp3) is 0.955. The van der Waals surface area contributed by atoms with Crippen LogP contribution in [0.15, 0.2) is 4.74 Å². The van der Waals surface area contributed by atoms with Gasteiger partial charge in [-0.1, -0.05) is 27.7 Å². The Morgan fingerprint density at radius 3 is 1.39 bits per heavy atom. The third-order valence-corrected chi connectivity index (χ3v) is 12.1. The van der Waals surface area contributed by atoms with Gasteiger partial charge in [0.15, 0.2) is 0 Å². The van der Waals surface area contributed by atoms with E-state index in [0.29, 0.717) is 5.54 Å². The Morgan fingerprint density at radius 1 is 0.750 bits per heavy atom. The summed E-state index contributed by atoms with van der Waals surface area (Å²) in [6.07, 6.45) is 8.96. The average molecular weight is 681 g/mol. The molecule has 0 aromatic heterocycles. The first kappa shape index (κ1) is 26.8.